The monoisotopic (exact) mass is 402 g/mol. The topological polar surface area (TPSA) is 66.9 Å². The Labute approximate surface area is 166 Å². The molecule has 1 saturated heterocycles. The molecule has 0 aromatic heterocycles. The Morgan fingerprint density at radius 1 is 0.964 bits per heavy atom. The highest BCUT2D eigenvalue weighted by Crippen LogP contribution is 2.33. The van der Waals surface area contributed by atoms with E-state index in [0.717, 1.165) is 36.2 Å². The molecule has 0 N–H and O–H groups in total. The number of hydrogen-bond acceptors (Lipinski definition) is 4. The highest BCUT2D eigenvalue weighted by atomic mass is 32.2. The predicted molar refractivity (Wildman–Crippen MR) is 110 cm³/mol. The molecule has 28 heavy (non-hydrogen) atoms. The molecule has 2 aromatic carbocycles. The number of para-hydroxylation sites is 3. The number of carbonyl (C=O) groups excluding carboxylic acids is 1. The van der Waals surface area contributed by atoms with Crippen LogP contribution >= 0.6 is 0 Å². The first-order chi connectivity index (χ1) is 13.4. The van der Waals surface area contributed by atoms with Crippen molar-refractivity contribution >= 4 is 21.6 Å². The van der Waals surface area contributed by atoms with Crippen LogP contribution in [0, 0.1) is 0 Å². The minimum absolute atomic E-state index is 0.179. The van der Waals surface area contributed by atoms with E-state index in [1.165, 1.54) is 0 Å². The molecule has 1 amide bonds. The van der Waals surface area contributed by atoms with Crippen molar-refractivity contribution < 1.29 is 17.9 Å². The van der Waals surface area contributed by atoms with Crippen molar-refractivity contribution in [3.05, 3.63) is 54.6 Å². The lowest BCUT2D eigenvalue weighted by atomic mass is 10.2. The fraction of sp³-hybridized carbons (Fsp3) is 0.381. The SMILES string of the molecule is CS(=O)(=O)N(CC(=O)N1CCCCCC1)c1ccccc1Oc1ccccc1. The average Bonchev–Trinajstić information content (AvgIpc) is 2.96. The molecule has 2 aromatic rings. The van der Waals surface area contributed by atoms with Gasteiger partial charge in [-0.2, -0.15) is 0 Å². The smallest absolute Gasteiger partial charge is 0.243 e. The number of rotatable bonds is 6. The third kappa shape index (κ3) is 5.25. The number of amides is 1. The first kappa shape index (κ1) is 20.2. The lowest BCUT2D eigenvalue weighted by Gasteiger charge is -2.27. The van der Waals surface area contributed by atoms with E-state index in [9.17, 15) is 13.2 Å². The van der Waals surface area contributed by atoms with Crippen LogP contribution in [0.1, 0.15) is 25.7 Å². The van der Waals surface area contributed by atoms with Crippen molar-refractivity contribution in [2.24, 2.45) is 0 Å². The molecule has 1 fully saturated rings. The number of hydrogen-bond donors (Lipinski definition) is 0. The molecule has 150 valence electrons. The molecule has 0 radical (unpaired) electrons. The molecule has 6 nitrogen and oxygen atoms in total. The second kappa shape index (κ2) is 9.10. The van der Waals surface area contributed by atoms with Crippen LogP contribution in [-0.4, -0.2) is 45.1 Å². The Morgan fingerprint density at radius 3 is 2.21 bits per heavy atom. The van der Waals surface area contributed by atoms with Gasteiger partial charge in [-0.15, -0.1) is 0 Å². The van der Waals surface area contributed by atoms with E-state index in [1.54, 1.807) is 41.3 Å². The number of nitrogens with zero attached hydrogens (tertiary/aromatic N) is 2. The van der Waals surface area contributed by atoms with Gasteiger partial charge in [0, 0.05) is 13.1 Å². The summed E-state index contributed by atoms with van der Waals surface area (Å²) < 4.78 is 32.1. The molecular weight excluding hydrogens is 376 g/mol. The predicted octanol–water partition coefficient (Wildman–Crippen LogP) is 3.65. The van der Waals surface area contributed by atoms with Gasteiger partial charge in [0.25, 0.3) is 0 Å². The Kier molecular flexibility index (Phi) is 6.57. The van der Waals surface area contributed by atoms with Gasteiger partial charge in [0.2, 0.25) is 15.9 Å². The lowest BCUT2D eigenvalue weighted by molar-refractivity contribution is -0.129. The molecule has 0 aliphatic carbocycles. The van der Waals surface area contributed by atoms with Crippen molar-refractivity contribution in [2.75, 3.05) is 30.2 Å². The van der Waals surface area contributed by atoms with Gasteiger partial charge in [-0.25, -0.2) is 8.42 Å². The van der Waals surface area contributed by atoms with E-state index < -0.39 is 10.0 Å². The zero-order chi connectivity index (χ0) is 20.0. The van der Waals surface area contributed by atoms with Crippen LogP contribution in [0.3, 0.4) is 0 Å². The van der Waals surface area contributed by atoms with Crippen molar-refractivity contribution in [3.8, 4) is 11.5 Å². The van der Waals surface area contributed by atoms with Crippen LogP contribution in [0.15, 0.2) is 54.6 Å². The Hall–Kier alpha value is -2.54. The third-order valence-electron chi connectivity index (χ3n) is 4.74. The van der Waals surface area contributed by atoms with Crippen LogP contribution in [0.5, 0.6) is 11.5 Å². The molecule has 3 rings (SSSR count). The Morgan fingerprint density at radius 2 is 1.57 bits per heavy atom. The van der Waals surface area contributed by atoms with Crippen molar-refractivity contribution in [2.45, 2.75) is 25.7 Å². The third-order valence-corrected chi connectivity index (χ3v) is 5.87. The van der Waals surface area contributed by atoms with Gasteiger partial charge in [0.1, 0.15) is 12.3 Å². The van der Waals surface area contributed by atoms with Crippen LogP contribution in [0.25, 0.3) is 0 Å². The van der Waals surface area contributed by atoms with Crippen LogP contribution in [0.4, 0.5) is 5.69 Å². The van der Waals surface area contributed by atoms with E-state index in [0.29, 0.717) is 30.3 Å². The lowest BCUT2D eigenvalue weighted by Crippen LogP contribution is -2.43. The molecule has 1 aliphatic rings. The first-order valence-corrected chi connectivity index (χ1v) is 11.4. The van der Waals surface area contributed by atoms with Gasteiger partial charge in [-0.1, -0.05) is 43.2 Å². The summed E-state index contributed by atoms with van der Waals surface area (Å²) in [5, 5.41) is 0. The molecule has 0 unspecified atom stereocenters. The summed E-state index contributed by atoms with van der Waals surface area (Å²) in [6, 6.07) is 16.0. The molecule has 1 aliphatic heterocycles. The van der Waals surface area contributed by atoms with E-state index in [2.05, 4.69) is 0 Å². The second-order valence-corrected chi connectivity index (χ2v) is 8.85. The Bertz CT molecular complexity index is 892. The normalized spacial score (nSPS) is 15.0. The number of ether oxygens (including phenoxy) is 1. The fourth-order valence-electron chi connectivity index (χ4n) is 3.29. The molecule has 0 bridgehead atoms. The van der Waals surface area contributed by atoms with Gasteiger partial charge >= 0.3 is 0 Å². The number of benzene rings is 2. The van der Waals surface area contributed by atoms with E-state index in [4.69, 9.17) is 4.74 Å². The average molecular weight is 403 g/mol. The summed E-state index contributed by atoms with van der Waals surface area (Å²) in [5.74, 6) is 0.812. The van der Waals surface area contributed by atoms with Crippen molar-refractivity contribution in [3.63, 3.8) is 0 Å². The summed E-state index contributed by atoms with van der Waals surface area (Å²) in [7, 11) is -3.67. The van der Waals surface area contributed by atoms with Crippen molar-refractivity contribution in [1.29, 1.82) is 0 Å². The highest BCUT2D eigenvalue weighted by molar-refractivity contribution is 7.92. The summed E-state index contributed by atoms with van der Waals surface area (Å²) >= 11 is 0. The number of anilines is 1. The molecule has 1 heterocycles. The summed E-state index contributed by atoms with van der Waals surface area (Å²) in [5.41, 5.74) is 0.358. The minimum Gasteiger partial charge on any atom is -0.455 e. The molecule has 0 spiro atoms. The maximum atomic E-state index is 12.8. The summed E-state index contributed by atoms with van der Waals surface area (Å²) in [6.07, 6.45) is 5.24. The van der Waals surface area contributed by atoms with E-state index in [-0.39, 0.29) is 12.5 Å². The fourth-order valence-corrected chi connectivity index (χ4v) is 4.14. The maximum Gasteiger partial charge on any atom is 0.243 e. The highest BCUT2D eigenvalue weighted by Gasteiger charge is 2.26. The van der Waals surface area contributed by atoms with Gasteiger partial charge in [-0.05, 0) is 37.1 Å². The van der Waals surface area contributed by atoms with E-state index in [1.807, 2.05) is 18.2 Å². The first-order valence-electron chi connectivity index (χ1n) is 9.52. The van der Waals surface area contributed by atoms with Crippen LogP contribution in [0.2, 0.25) is 0 Å². The molecule has 0 atom stereocenters. The minimum atomic E-state index is -3.67. The standard InChI is InChI=1S/C21H26N2O4S/c1-28(25,26)23(17-21(24)22-15-9-2-3-10-16-22)19-13-7-8-14-20(19)27-18-11-5-4-6-12-18/h4-8,11-14H,2-3,9-10,15-17H2,1H3. The quantitative estimate of drug-likeness (QED) is 0.740. The summed E-state index contributed by atoms with van der Waals surface area (Å²) in [6.45, 7) is 1.13. The zero-order valence-corrected chi connectivity index (χ0v) is 16.9. The van der Waals surface area contributed by atoms with Gasteiger partial charge in [0.15, 0.2) is 5.75 Å². The van der Waals surface area contributed by atoms with Gasteiger partial charge in [-0.3, -0.25) is 9.10 Å². The van der Waals surface area contributed by atoms with Crippen molar-refractivity contribution in [1.82, 2.24) is 4.90 Å². The Balaban J connectivity index is 1.87. The molecular formula is C21H26N2O4S. The summed E-state index contributed by atoms with van der Waals surface area (Å²) in [4.78, 5) is 14.6. The zero-order valence-electron chi connectivity index (χ0n) is 16.1. The van der Waals surface area contributed by atoms with Gasteiger partial charge < -0.3 is 9.64 Å². The van der Waals surface area contributed by atoms with Gasteiger partial charge in [0.05, 0.1) is 11.9 Å². The number of sulfonamides is 1. The number of likely N-dealkylation sites (tertiary alicyclic amines) is 1. The molecule has 7 heteroatoms. The second-order valence-electron chi connectivity index (χ2n) is 6.95. The van der Waals surface area contributed by atoms with E-state index >= 15 is 0 Å². The largest absolute Gasteiger partial charge is 0.455 e. The maximum absolute atomic E-state index is 12.8. The number of carbonyl (C=O) groups is 1. The van der Waals surface area contributed by atoms with Crippen LogP contribution in [-0.2, 0) is 14.8 Å². The van der Waals surface area contributed by atoms with Crippen LogP contribution < -0.4 is 9.04 Å². The molecule has 0 saturated carbocycles.